The van der Waals surface area contributed by atoms with Crippen molar-refractivity contribution in [2.75, 3.05) is 5.73 Å². The van der Waals surface area contributed by atoms with E-state index in [1.807, 2.05) is 27.7 Å². The first-order valence-electron chi connectivity index (χ1n) is 5.16. The third-order valence-corrected chi connectivity index (χ3v) is 2.83. The summed E-state index contributed by atoms with van der Waals surface area (Å²) in [5.74, 6) is 0.0220. The summed E-state index contributed by atoms with van der Waals surface area (Å²) in [5.41, 5.74) is 5.47. The molecule has 0 aliphatic rings. The number of amides is 1. The molecule has 1 rings (SSSR count). The van der Waals surface area contributed by atoms with Gasteiger partial charge < -0.3 is 11.1 Å². The molecule has 1 amide bonds. The third-order valence-electron chi connectivity index (χ3n) is 1.90. The number of nitrogens with two attached hydrogens (primary N) is 1. The van der Waals surface area contributed by atoms with Gasteiger partial charge in [-0.1, -0.05) is 32.1 Å². The lowest BCUT2D eigenvalue weighted by Crippen LogP contribution is -2.29. The average Bonchev–Trinajstić information content (AvgIpc) is 2.47. The Morgan fingerprint density at radius 1 is 1.50 bits per heavy atom. The molecule has 90 valence electrons. The first-order chi connectivity index (χ1) is 7.28. The van der Waals surface area contributed by atoms with Gasteiger partial charge >= 0.3 is 0 Å². The predicted octanol–water partition coefficient (Wildman–Crippen LogP) is 1.73. The second-order valence-electron chi connectivity index (χ2n) is 5.01. The maximum absolute atomic E-state index is 11.7. The molecule has 6 heteroatoms. The first-order valence-corrected chi connectivity index (χ1v) is 5.98. The van der Waals surface area contributed by atoms with Crippen molar-refractivity contribution < 1.29 is 4.79 Å². The molecule has 1 heterocycles. The van der Waals surface area contributed by atoms with Gasteiger partial charge in [-0.25, -0.2) is 0 Å². The van der Waals surface area contributed by atoms with Crippen LogP contribution in [0.25, 0.3) is 0 Å². The second-order valence-corrected chi connectivity index (χ2v) is 6.05. The monoisotopic (exact) mass is 242 g/mol. The van der Waals surface area contributed by atoms with Crippen LogP contribution in [0.1, 0.15) is 45.2 Å². The van der Waals surface area contributed by atoms with E-state index in [2.05, 4.69) is 15.5 Å². The second kappa shape index (κ2) is 4.78. The molecule has 0 saturated heterocycles. The highest BCUT2D eigenvalue weighted by molar-refractivity contribution is 7.15. The van der Waals surface area contributed by atoms with Crippen LogP contribution < -0.4 is 11.1 Å². The lowest BCUT2D eigenvalue weighted by Gasteiger charge is -2.19. The van der Waals surface area contributed by atoms with Crippen LogP contribution in [-0.2, 0) is 4.79 Å². The number of nitrogens with one attached hydrogen (secondary N) is 1. The van der Waals surface area contributed by atoms with Crippen LogP contribution in [0, 0.1) is 5.41 Å². The number of aromatic nitrogens is 2. The molecule has 0 aromatic carbocycles. The van der Waals surface area contributed by atoms with E-state index in [1.165, 1.54) is 11.3 Å². The minimum atomic E-state index is -0.135. The van der Waals surface area contributed by atoms with Gasteiger partial charge in [-0.3, -0.25) is 4.79 Å². The highest BCUT2D eigenvalue weighted by atomic mass is 32.1. The van der Waals surface area contributed by atoms with Gasteiger partial charge in [-0.15, -0.1) is 10.2 Å². The van der Waals surface area contributed by atoms with Gasteiger partial charge in [0.25, 0.3) is 0 Å². The topological polar surface area (TPSA) is 80.9 Å². The van der Waals surface area contributed by atoms with Gasteiger partial charge in [0.15, 0.2) is 0 Å². The van der Waals surface area contributed by atoms with Crippen molar-refractivity contribution in [1.82, 2.24) is 15.5 Å². The Hall–Kier alpha value is -1.17. The molecule has 0 bridgehead atoms. The number of anilines is 1. The largest absolute Gasteiger partial charge is 0.374 e. The average molecular weight is 242 g/mol. The summed E-state index contributed by atoms with van der Waals surface area (Å²) in [5, 5.41) is 11.6. The Bertz CT molecular complexity index is 369. The Morgan fingerprint density at radius 3 is 2.56 bits per heavy atom. The fourth-order valence-corrected chi connectivity index (χ4v) is 1.87. The molecule has 0 aliphatic carbocycles. The summed E-state index contributed by atoms with van der Waals surface area (Å²) in [4.78, 5) is 11.7. The maximum atomic E-state index is 11.7. The van der Waals surface area contributed by atoms with Crippen molar-refractivity contribution in [2.45, 2.75) is 40.2 Å². The van der Waals surface area contributed by atoms with E-state index in [4.69, 9.17) is 5.73 Å². The van der Waals surface area contributed by atoms with Crippen molar-refractivity contribution in [3.63, 3.8) is 0 Å². The van der Waals surface area contributed by atoms with Gasteiger partial charge in [0.2, 0.25) is 11.0 Å². The van der Waals surface area contributed by atoms with Crippen LogP contribution in [0.2, 0.25) is 0 Å². The molecule has 5 nitrogen and oxygen atoms in total. The quantitative estimate of drug-likeness (QED) is 0.846. The molecule has 1 aromatic heterocycles. The third kappa shape index (κ3) is 4.14. The van der Waals surface area contributed by atoms with Gasteiger partial charge in [0.1, 0.15) is 5.01 Å². The lowest BCUT2D eigenvalue weighted by molar-refractivity contribution is -0.123. The number of nitrogen functional groups attached to an aromatic ring is 1. The summed E-state index contributed by atoms with van der Waals surface area (Å²) >= 11 is 1.30. The fourth-order valence-electron chi connectivity index (χ4n) is 1.26. The van der Waals surface area contributed by atoms with Crippen LogP contribution >= 0.6 is 11.3 Å². The van der Waals surface area contributed by atoms with Crippen LogP contribution in [0.5, 0.6) is 0 Å². The smallest absolute Gasteiger partial charge is 0.221 e. The molecule has 16 heavy (non-hydrogen) atoms. The van der Waals surface area contributed by atoms with E-state index in [0.717, 1.165) is 5.01 Å². The zero-order valence-corrected chi connectivity index (χ0v) is 10.9. The molecular weight excluding hydrogens is 224 g/mol. The van der Waals surface area contributed by atoms with E-state index in [0.29, 0.717) is 11.6 Å². The van der Waals surface area contributed by atoms with Crippen molar-refractivity contribution in [3.05, 3.63) is 5.01 Å². The van der Waals surface area contributed by atoms with E-state index in [9.17, 15) is 4.79 Å². The molecule has 0 saturated carbocycles. The number of rotatable bonds is 3. The van der Waals surface area contributed by atoms with E-state index in [1.54, 1.807) is 0 Å². The highest BCUT2D eigenvalue weighted by Gasteiger charge is 2.19. The van der Waals surface area contributed by atoms with Gasteiger partial charge in [-0.05, 0) is 12.3 Å². The minimum absolute atomic E-state index is 0.00996. The summed E-state index contributed by atoms with van der Waals surface area (Å²) in [6, 6.07) is -0.135. The van der Waals surface area contributed by atoms with Crippen LogP contribution in [0.4, 0.5) is 5.13 Å². The zero-order valence-electron chi connectivity index (χ0n) is 10.1. The summed E-state index contributed by atoms with van der Waals surface area (Å²) in [6.07, 6.45) is 0.492. The fraction of sp³-hybridized carbons (Fsp3) is 0.700. The van der Waals surface area contributed by atoms with E-state index in [-0.39, 0.29) is 17.4 Å². The molecule has 0 radical (unpaired) electrons. The van der Waals surface area contributed by atoms with Crippen molar-refractivity contribution >= 4 is 22.4 Å². The molecular formula is C10H18N4OS. The SMILES string of the molecule is C[C@@H](NC(=O)CC(C)(C)C)c1nnc(N)s1. The predicted molar refractivity (Wildman–Crippen MR) is 65.0 cm³/mol. The number of nitrogens with zero attached hydrogens (tertiary/aromatic N) is 2. The summed E-state index contributed by atoms with van der Waals surface area (Å²) in [6.45, 7) is 7.96. The van der Waals surface area contributed by atoms with Crippen LogP contribution in [0.3, 0.4) is 0 Å². The standard InChI is InChI=1S/C10H18N4OS/c1-6(8-13-14-9(11)16-8)12-7(15)5-10(2,3)4/h6H,5H2,1-4H3,(H2,11,14)(H,12,15)/t6-/m1/s1. The molecule has 0 fully saturated rings. The number of hydrogen-bond acceptors (Lipinski definition) is 5. The number of hydrogen-bond donors (Lipinski definition) is 2. The normalized spacial score (nSPS) is 13.5. The lowest BCUT2D eigenvalue weighted by atomic mass is 9.92. The molecule has 0 aliphatic heterocycles. The highest BCUT2D eigenvalue weighted by Crippen LogP contribution is 2.21. The Labute approximate surface area is 99.5 Å². The minimum Gasteiger partial charge on any atom is -0.374 e. The van der Waals surface area contributed by atoms with Gasteiger partial charge in [-0.2, -0.15) is 0 Å². The van der Waals surface area contributed by atoms with E-state index < -0.39 is 0 Å². The maximum Gasteiger partial charge on any atom is 0.221 e. The molecule has 1 aromatic rings. The summed E-state index contributed by atoms with van der Waals surface area (Å²) < 4.78 is 0. The molecule has 0 spiro atoms. The van der Waals surface area contributed by atoms with Gasteiger partial charge in [0.05, 0.1) is 6.04 Å². The van der Waals surface area contributed by atoms with E-state index >= 15 is 0 Å². The zero-order chi connectivity index (χ0) is 12.3. The first kappa shape index (κ1) is 12.9. The van der Waals surface area contributed by atoms with Crippen molar-refractivity contribution in [3.8, 4) is 0 Å². The molecule has 0 unspecified atom stereocenters. The van der Waals surface area contributed by atoms with Crippen LogP contribution in [0.15, 0.2) is 0 Å². The molecule has 1 atom stereocenters. The van der Waals surface area contributed by atoms with Crippen molar-refractivity contribution in [2.24, 2.45) is 5.41 Å². The van der Waals surface area contributed by atoms with Crippen molar-refractivity contribution in [1.29, 1.82) is 0 Å². The molecule has 3 N–H and O–H groups in total. The summed E-state index contributed by atoms with van der Waals surface area (Å²) in [7, 11) is 0. The van der Waals surface area contributed by atoms with Crippen LogP contribution in [-0.4, -0.2) is 16.1 Å². The number of carbonyl (C=O) groups is 1. The Kier molecular flexibility index (Phi) is 3.85. The van der Waals surface area contributed by atoms with Gasteiger partial charge in [0, 0.05) is 6.42 Å². The Balaban J connectivity index is 2.52. The number of carbonyl (C=O) groups excluding carboxylic acids is 1. The Morgan fingerprint density at radius 2 is 2.12 bits per heavy atom.